The summed E-state index contributed by atoms with van der Waals surface area (Å²) >= 11 is 0. The Morgan fingerprint density at radius 3 is 2.81 bits per heavy atom. The van der Waals surface area contributed by atoms with Gasteiger partial charge in [-0.05, 0) is 26.2 Å². The lowest BCUT2D eigenvalue weighted by Crippen LogP contribution is -2.63. The normalized spacial score (nSPS) is 26.8. The number of hydrogen-bond acceptors (Lipinski definition) is 3. The second-order valence-corrected chi connectivity index (χ2v) is 6.45. The van der Waals surface area contributed by atoms with Crippen molar-refractivity contribution in [1.82, 2.24) is 14.7 Å². The average molecular weight is 291 g/mol. The van der Waals surface area contributed by atoms with Crippen molar-refractivity contribution in [2.24, 2.45) is 12.5 Å². The van der Waals surface area contributed by atoms with Gasteiger partial charge in [0, 0.05) is 38.4 Å². The molecule has 2 saturated carbocycles. The number of rotatable bonds is 4. The first-order chi connectivity index (χ1) is 10.1. The van der Waals surface area contributed by atoms with E-state index in [9.17, 15) is 4.79 Å². The summed E-state index contributed by atoms with van der Waals surface area (Å²) in [6.07, 6.45) is 9.64. The summed E-state index contributed by atoms with van der Waals surface area (Å²) in [7, 11) is 3.77. The summed E-state index contributed by atoms with van der Waals surface area (Å²) in [5, 5.41) is 4.10. The molecule has 1 amide bonds. The molecule has 2 aliphatic rings. The molecule has 3 rings (SSSR count). The van der Waals surface area contributed by atoms with Gasteiger partial charge < -0.3 is 9.64 Å². The Morgan fingerprint density at radius 2 is 2.24 bits per heavy atom. The van der Waals surface area contributed by atoms with E-state index in [4.69, 9.17) is 4.74 Å². The van der Waals surface area contributed by atoms with Crippen molar-refractivity contribution in [1.29, 1.82) is 0 Å². The number of amides is 1. The molecule has 116 valence electrons. The van der Waals surface area contributed by atoms with Gasteiger partial charge in [-0.25, -0.2) is 0 Å². The molecular formula is C16H25N3O2. The molecule has 0 unspecified atom stereocenters. The molecule has 0 radical (unpaired) electrons. The van der Waals surface area contributed by atoms with Crippen LogP contribution in [0.15, 0.2) is 12.4 Å². The summed E-state index contributed by atoms with van der Waals surface area (Å²) in [6, 6.07) is 0.309. The lowest BCUT2D eigenvalue weighted by molar-refractivity contribution is -0.152. The Hall–Kier alpha value is -1.36. The molecule has 0 aliphatic heterocycles. The molecule has 1 heterocycles. The van der Waals surface area contributed by atoms with Gasteiger partial charge in [0.05, 0.1) is 17.9 Å². The molecule has 0 saturated heterocycles. The van der Waals surface area contributed by atoms with Crippen LogP contribution in [0.4, 0.5) is 0 Å². The van der Waals surface area contributed by atoms with Crippen molar-refractivity contribution in [2.75, 3.05) is 13.7 Å². The second kappa shape index (κ2) is 5.44. The molecule has 5 heteroatoms. The fraction of sp³-hybridized carbons (Fsp3) is 0.750. The first-order valence-corrected chi connectivity index (χ1v) is 7.96. The third-order valence-corrected chi connectivity index (χ3v) is 5.38. The molecule has 5 nitrogen and oxygen atoms in total. The Morgan fingerprint density at radius 1 is 1.52 bits per heavy atom. The van der Waals surface area contributed by atoms with Crippen LogP contribution in [-0.4, -0.2) is 46.4 Å². The topological polar surface area (TPSA) is 47.4 Å². The quantitative estimate of drug-likeness (QED) is 0.854. The summed E-state index contributed by atoms with van der Waals surface area (Å²) in [6.45, 7) is 2.82. The highest BCUT2D eigenvalue weighted by Crippen LogP contribution is 2.56. The summed E-state index contributed by atoms with van der Waals surface area (Å²) in [5.41, 5.74) is 0.871. The summed E-state index contributed by atoms with van der Waals surface area (Å²) in [4.78, 5) is 14.6. The van der Waals surface area contributed by atoms with Gasteiger partial charge in [0.25, 0.3) is 5.91 Å². The van der Waals surface area contributed by atoms with E-state index < -0.39 is 0 Å². The Bertz CT molecular complexity index is 519. The van der Waals surface area contributed by atoms with Crippen molar-refractivity contribution >= 4 is 5.91 Å². The number of carbonyl (C=O) groups excluding carboxylic acids is 1. The third kappa shape index (κ3) is 2.27. The van der Waals surface area contributed by atoms with E-state index in [1.54, 1.807) is 17.1 Å². The van der Waals surface area contributed by atoms with E-state index in [-0.39, 0.29) is 11.3 Å². The van der Waals surface area contributed by atoms with Crippen LogP contribution in [-0.2, 0) is 11.8 Å². The molecule has 1 aromatic rings. The fourth-order valence-electron chi connectivity index (χ4n) is 4.27. The van der Waals surface area contributed by atoms with E-state index >= 15 is 0 Å². The molecule has 2 atom stereocenters. The van der Waals surface area contributed by atoms with Gasteiger partial charge >= 0.3 is 0 Å². The predicted molar refractivity (Wildman–Crippen MR) is 80.0 cm³/mol. The minimum atomic E-state index is 0.0781. The minimum Gasteiger partial charge on any atom is -0.378 e. The molecule has 0 aromatic carbocycles. The highest BCUT2D eigenvalue weighted by Gasteiger charge is 2.58. The van der Waals surface area contributed by atoms with Crippen molar-refractivity contribution in [3.63, 3.8) is 0 Å². The third-order valence-electron chi connectivity index (χ3n) is 5.38. The zero-order valence-corrected chi connectivity index (χ0v) is 13.2. The van der Waals surface area contributed by atoms with Crippen LogP contribution >= 0.6 is 0 Å². The standard InChI is InChI=1S/C16H25N3O2/c1-4-21-14-9-13(16(14)7-5-6-8-16)19(3)15(20)12-10-17-18(2)11-12/h10-11,13-14H,4-9H2,1-3H3/t13-,14-/m0/s1. The van der Waals surface area contributed by atoms with E-state index in [0.29, 0.717) is 17.7 Å². The first kappa shape index (κ1) is 14.6. The number of aromatic nitrogens is 2. The van der Waals surface area contributed by atoms with E-state index in [2.05, 4.69) is 12.0 Å². The predicted octanol–water partition coefficient (Wildman–Crippen LogP) is 2.23. The van der Waals surface area contributed by atoms with Crippen molar-refractivity contribution in [3.05, 3.63) is 18.0 Å². The van der Waals surface area contributed by atoms with Gasteiger partial charge in [0.2, 0.25) is 0 Å². The Balaban J connectivity index is 1.75. The molecule has 0 bridgehead atoms. The molecule has 21 heavy (non-hydrogen) atoms. The summed E-state index contributed by atoms with van der Waals surface area (Å²) in [5.74, 6) is 0.0781. The molecular weight excluding hydrogens is 266 g/mol. The second-order valence-electron chi connectivity index (χ2n) is 6.45. The lowest BCUT2D eigenvalue weighted by Gasteiger charge is -2.56. The lowest BCUT2D eigenvalue weighted by atomic mass is 9.60. The van der Waals surface area contributed by atoms with E-state index in [0.717, 1.165) is 13.0 Å². The van der Waals surface area contributed by atoms with Crippen LogP contribution in [0.1, 0.15) is 49.4 Å². The van der Waals surface area contributed by atoms with Gasteiger partial charge in [-0.1, -0.05) is 12.8 Å². The number of ether oxygens (including phenoxy) is 1. The van der Waals surface area contributed by atoms with Gasteiger partial charge in [0.15, 0.2) is 0 Å². The highest BCUT2D eigenvalue weighted by atomic mass is 16.5. The van der Waals surface area contributed by atoms with Crippen LogP contribution < -0.4 is 0 Å². The van der Waals surface area contributed by atoms with Crippen LogP contribution in [0.2, 0.25) is 0 Å². The van der Waals surface area contributed by atoms with Gasteiger partial charge in [-0.2, -0.15) is 5.10 Å². The molecule has 1 aromatic heterocycles. The number of hydrogen-bond donors (Lipinski definition) is 0. The van der Waals surface area contributed by atoms with E-state index in [1.165, 1.54) is 25.7 Å². The molecule has 1 spiro atoms. The molecule has 2 aliphatic carbocycles. The van der Waals surface area contributed by atoms with Crippen LogP contribution in [0.25, 0.3) is 0 Å². The minimum absolute atomic E-state index is 0.0781. The molecule has 2 fully saturated rings. The fourth-order valence-corrected chi connectivity index (χ4v) is 4.27. The highest BCUT2D eigenvalue weighted by molar-refractivity contribution is 5.93. The van der Waals surface area contributed by atoms with Crippen LogP contribution in [0.3, 0.4) is 0 Å². The number of carbonyl (C=O) groups is 1. The van der Waals surface area contributed by atoms with Crippen molar-refractivity contribution in [2.45, 2.75) is 51.2 Å². The maximum absolute atomic E-state index is 12.6. The number of aryl methyl sites for hydroxylation is 1. The zero-order chi connectivity index (χ0) is 15.0. The Kier molecular flexibility index (Phi) is 3.78. The van der Waals surface area contributed by atoms with Gasteiger partial charge in [0.1, 0.15) is 0 Å². The van der Waals surface area contributed by atoms with Crippen LogP contribution in [0, 0.1) is 5.41 Å². The number of nitrogens with zero attached hydrogens (tertiary/aromatic N) is 3. The smallest absolute Gasteiger partial charge is 0.257 e. The zero-order valence-electron chi connectivity index (χ0n) is 13.2. The largest absolute Gasteiger partial charge is 0.378 e. The van der Waals surface area contributed by atoms with Crippen LogP contribution in [0.5, 0.6) is 0 Å². The SMILES string of the molecule is CCO[C@H]1C[C@H](N(C)C(=O)c2cnn(C)c2)C12CCCC2. The molecule has 0 N–H and O–H groups in total. The first-order valence-electron chi connectivity index (χ1n) is 7.96. The summed E-state index contributed by atoms with van der Waals surface area (Å²) < 4.78 is 7.61. The van der Waals surface area contributed by atoms with Gasteiger partial charge in [-0.15, -0.1) is 0 Å². The Labute approximate surface area is 126 Å². The maximum Gasteiger partial charge on any atom is 0.257 e. The van der Waals surface area contributed by atoms with Crippen molar-refractivity contribution in [3.8, 4) is 0 Å². The van der Waals surface area contributed by atoms with Crippen molar-refractivity contribution < 1.29 is 9.53 Å². The maximum atomic E-state index is 12.6. The van der Waals surface area contributed by atoms with E-state index in [1.807, 2.05) is 19.0 Å². The average Bonchev–Trinajstić information content (AvgIpc) is 3.11. The van der Waals surface area contributed by atoms with Gasteiger partial charge in [-0.3, -0.25) is 9.48 Å². The monoisotopic (exact) mass is 291 g/mol.